The van der Waals surface area contributed by atoms with Crippen molar-refractivity contribution in [1.29, 1.82) is 0 Å². The van der Waals surface area contributed by atoms with Crippen LogP contribution >= 0.6 is 0 Å². The first-order valence-corrected chi connectivity index (χ1v) is 7.26. The minimum Gasteiger partial charge on any atom is -0.481 e. The van der Waals surface area contributed by atoms with Crippen LogP contribution in [0.25, 0.3) is 0 Å². The molecule has 108 valence electrons. The van der Waals surface area contributed by atoms with Gasteiger partial charge in [0.25, 0.3) is 0 Å². The number of carboxylic acids is 1. The van der Waals surface area contributed by atoms with Crippen molar-refractivity contribution < 1.29 is 19.4 Å². The fourth-order valence-electron chi connectivity index (χ4n) is 2.98. The van der Waals surface area contributed by atoms with Crippen molar-refractivity contribution in [3.8, 4) is 0 Å². The molecule has 0 aromatic carbocycles. The van der Waals surface area contributed by atoms with E-state index in [4.69, 9.17) is 9.84 Å². The number of likely N-dealkylation sites (tertiary alicyclic amines) is 1. The average Bonchev–Trinajstić information content (AvgIpc) is 2.89. The second-order valence-corrected chi connectivity index (χ2v) is 5.62. The van der Waals surface area contributed by atoms with Gasteiger partial charge in [0, 0.05) is 26.1 Å². The molecule has 0 saturated carbocycles. The highest BCUT2D eigenvalue weighted by Gasteiger charge is 2.27. The zero-order chi connectivity index (χ0) is 13.7. The highest BCUT2D eigenvalue weighted by atomic mass is 16.5. The Morgan fingerprint density at radius 2 is 2.11 bits per heavy atom. The minimum atomic E-state index is -0.747. The average molecular weight is 269 g/mol. The van der Waals surface area contributed by atoms with Gasteiger partial charge in [0.05, 0.1) is 12.5 Å². The quantitative estimate of drug-likeness (QED) is 0.824. The van der Waals surface area contributed by atoms with Gasteiger partial charge in [0.15, 0.2) is 0 Å². The van der Waals surface area contributed by atoms with Crippen LogP contribution < -0.4 is 0 Å². The van der Waals surface area contributed by atoms with Gasteiger partial charge in [-0.1, -0.05) is 0 Å². The number of amides is 1. The van der Waals surface area contributed by atoms with Gasteiger partial charge in [-0.15, -0.1) is 0 Å². The van der Waals surface area contributed by atoms with Gasteiger partial charge in [-0.25, -0.2) is 0 Å². The lowest BCUT2D eigenvalue weighted by atomic mass is 9.93. The van der Waals surface area contributed by atoms with Gasteiger partial charge >= 0.3 is 5.97 Å². The molecule has 1 amide bonds. The van der Waals surface area contributed by atoms with Gasteiger partial charge in [-0.05, 0) is 38.0 Å². The minimum absolute atomic E-state index is 0.104. The predicted molar refractivity (Wildman–Crippen MR) is 69.8 cm³/mol. The van der Waals surface area contributed by atoms with Crippen molar-refractivity contribution in [2.24, 2.45) is 5.92 Å². The van der Waals surface area contributed by atoms with Crippen LogP contribution in [0, 0.1) is 5.92 Å². The Balaban J connectivity index is 1.75. The summed E-state index contributed by atoms with van der Waals surface area (Å²) in [5.41, 5.74) is 0. The Morgan fingerprint density at radius 1 is 1.26 bits per heavy atom. The molecule has 2 fully saturated rings. The summed E-state index contributed by atoms with van der Waals surface area (Å²) in [7, 11) is 0. The molecule has 19 heavy (non-hydrogen) atoms. The molecule has 0 aromatic rings. The van der Waals surface area contributed by atoms with E-state index in [1.54, 1.807) is 0 Å². The molecular formula is C14H23NO4. The SMILES string of the molecule is O=C(O)CC[C@H]1CCCN(C(=O)C[C@H]2CCCO2)C1. The summed E-state index contributed by atoms with van der Waals surface area (Å²) in [4.78, 5) is 24.7. The van der Waals surface area contributed by atoms with Gasteiger partial charge in [-0.3, -0.25) is 9.59 Å². The zero-order valence-electron chi connectivity index (χ0n) is 11.3. The smallest absolute Gasteiger partial charge is 0.303 e. The molecule has 2 heterocycles. The molecule has 2 aliphatic rings. The molecule has 2 saturated heterocycles. The highest BCUT2D eigenvalue weighted by molar-refractivity contribution is 5.76. The first-order chi connectivity index (χ1) is 9.15. The fraction of sp³-hybridized carbons (Fsp3) is 0.857. The molecule has 2 aliphatic heterocycles. The van der Waals surface area contributed by atoms with E-state index >= 15 is 0 Å². The third-order valence-electron chi connectivity index (χ3n) is 4.06. The summed E-state index contributed by atoms with van der Waals surface area (Å²) >= 11 is 0. The number of piperidine rings is 1. The van der Waals surface area contributed by atoms with E-state index in [0.717, 1.165) is 45.4 Å². The van der Waals surface area contributed by atoms with Crippen LogP contribution in [0.1, 0.15) is 44.9 Å². The molecule has 0 radical (unpaired) electrons. The van der Waals surface area contributed by atoms with Crippen molar-refractivity contribution in [1.82, 2.24) is 4.90 Å². The number of rotatable bonds is 5. The number of ether oxygens (including phenoxy) is 1. The number of nitrogens with zero attached hydrogens (tertiary/aromatic N) is 1. The molecule has 0 bridgehead atoms. The summed E-state index contributed by atoms with van der Waals surface area (Å²) in [6.45, 7) is 2.31. The molecule has 0 unspecified atom stereocenters. The molecule has 0 spiro atoms. The van der Waals surface area contributed by atoms with Crippen LogP contribution in [-0.2, 0) is 14.3 Å². The molecule has 5 nitrogen and oxygen atoms in total. The van der Waals surface area contributed by atoms with Gasteiger partial charge < -0.3 is 14.7 Å². The van der Waals surface area contributed by atoms with Gasteiger partial charge in [-0.2, -0.15) is 0 Å². The third-order valence-corrected chi connectivity index (χ3v) is 4.06. The van der Waals surface area contributed by atoms with Crippen molar-refractivity contribution in [3.05, 3.63) is 0 Å². The van der Waals surface area contributed by atoms with E-state index in [1.807, 2.05) is 4.90 Å². The second kappa shape index (κ2) is 6.89. The summed E-state index contributed by atoms with van der Waals surface area (Å²) in [5, 5.41) is 8.71. The van der Waals surface area contributed by atoms with Crippen molar-refractivity contribution >= 4 is 11.9 Å². The van der Waals surface area contributed by atoms with Gasteiger partial charge in [0.2, 0.25) is 5.91 Å². The molecular weight excluding hydrogens is 246 g/mol. The van der Waals surface area contributed by atoms with Crippen molar-refractivity contribution in [3.63, 3.8) is 0 Å². The standard InChI is InChI=1S/C14H23NO4/c16-13(9-12-4-2-8-19-12)15-7-1-3-11(10-15)5-6-14(17)18/h11-12H,1-10H2,(H,17,18)/t11-,12-/m1/s1. The topological polar surface area (TPSA) is 66.8 Å². The van der Waals surface area contributed by atoms with E-state index in [0.29, 0.717) is 18.8 Å². The van der Waals surface area contributed by atoms with Crippen LogP contribution in [0.4, 0.5) is 0 Å². The van der Waals surface area contributed by atoms with Gasteiger partial charge in [0.1, 0.15) is 0 Å². The Morgan fingerprint density at radius 3 is 2.79 bits per heavy atom. The number of carbonyl (C=O) groups excluding carboxylic acids is 1. The third kappa shape index (κ3) is 4.49. The number of hydrogen-bond acceptors (Lipinski definition) is 3. The number of hydrogen-bond donors (Lipinski definition) is 1. The van der Waals surface area contributed by atoms with Crippen LogP contribution in [0.5, 0.6) is 0 Å². The molecule has 2 rings (SSSR count). The molecule has 0 aromatic heterocycles. The highest BCUT2D eigenvalue weighted by Crippen LogP contribution is 2.23. The predicted octanol–water partition coefficient (Wildman–Crippen LogP) is 1.66. The van der Waals surface area contributed by atoms with E-state index in [-0.39, 0.29) is 18.4 Å². The lowest BCUT2D eigenvalue weighted by Gasteiger charge is -2.33. The number of carboxylic acid groups (broad SMARTS) is 1. The fourth-order valence-corrected chi connectivity index (χ4v) is 2.98. The van der Waals surface area contributed by atoms with E-state index in [2.05, 4.69) is 0 Å². The molecule has 5 heteroatoms. The van der Waals surface area contributed by atoms with Crippen LogP contribution in [0.15, 0.2) is 0 Å². The van der Waals surface area contributed by atoms with Crippen LogP contribution in [0.3, 0.4) is 0 Å². The van der Waals surface area contributed by atoms with Crippen molar-refractivity contribution in [2.75, 3.05) is 19.7 Å². The summed E-state index contributed by atoms with van der Waals surface area (Å²) in [5.74, 6) is -0.229. The van der Waals surface area contributed by atoms with E-state index < -0.39 is 5.97 Å². The maximum absolute atomic E-state index is 12.2. The normalized spacial score (nSPS) is 27.5. The van der Waals surface area contributed by atoms with Crippen LogP contribution in [-0.4, -0.2) is 47.7 Å². The Hall–Kier alpha value is -1.10. The molecule has 1 N–H and O–H groups in total. The molecule has 0 aliphatic carbocycles. The Labute approximate surface area is 113 Å². The lowest BCUT2D eigenvalue weighted by molar-refractivity contribution is -0.137. The Kier molecular flexibility index (Phi) is 5.19. The number of aliphatic carboxylic acids is 1. The first kappa shape index (κ1) is 14.3. The van der Waals surface area contributed by atoms with Crippen molar-refractivity contribution in [2.45, 2.75) is 51.0 Å². The summed E-state index contributed by atoms with van der Waals surface area (Å²) in [6, 6.07) is 0. The zero-order valence-corrected chi connectivity index (χ0v) is 11.3. The number of carbonyl (C=O) groups is 2. The summed E-state index contributed by atoms with van der Waals surface area (Å²) in [6.07, 6.45) is 5.55. The Bertz CT molecular complexity index is 325. The van der Waals surface area contributed by atoms with E-state index in [1.165, 1.54) is 0 Å². The summed E-state index contributed by atoms with van der Waals surface area (Å²) < 4.78 is 5.49. The van der Waals surface area contributed by atoms with E-state index in [9.17, 15) is 9.59 Å². The maximum Gasteiger partial charge on any atom is 0.303 e. The maximum atomic E-state index is 12.2. The molecule has 2 atom stereocenters. The lowest BCUT2D eigenvalue weighted by Crippen LogP contribution is -2.41. The second-order valence-electron chi connectivity index (χ2n) is 5.62. The first-order valence-electron chi connectivity index (χ1n) is 7.26. The monoisotopic (exact) mass is 269 g/mol. The van der Waals surface area contributed by atoms with Crippen LogP contribution in [0.2, 0.25) is 0 Å². The largest absolute Gasteiger partial charge is 0.481 e.